The average Bonchev–Trinajstić information content (AvgIpc) is 3.10. The molecule has 0 radical (unpaired) electrons. The first-order valence-electron chi connectivity index (χ1n) is 8.08. The summed E-state index contributed by atoms with van der Waals surface area (Å²) < 4.78 is 5.03. The number of β-amino-alcohol motifs (C(OH)–C–C–N with tert-alkyl or cyclic N) is 1. The summed E-state index contributed by atoms with van der Waals surface area (Å²) >= 11 is 0. The van der Waals surface area contributed by atoms with Crippen molar-refractivity contribution in [2.45, 2.75) is 31.8 Å². The second-order valence-corrected chi connectivity index (χ2v) is 6.01. The topological polar surface area (TPSA) is 104 Å². The van der Waals surface area contributed by atoms with Gasteiger partial charge in [0.25, 0.3) is 5.91 Å². The average molecular weight is 331 g/mol. The fourth-order valence-electron chi connectivity index (χ4n) is 2.80. The van der Waals surface area contributed by atoms with Gasteiger partial charge in [0.2, 0.25) is 5.95 Å². The lowest BCUT2D eigenvalue weighted by Gasteiger charge is -2.39. The molecule has 2 N–H and O–H groups in total. The summed E-state index contributed by atoms with van der Waals surface area (Å²) in [5.41, 5.74) is -0.792. The van der Waals surface area contributed by atoms with Gasteiger partial charge in [0.1, 0.15) is 5.76 Å². The SMILES string of the molecule is CCc1cc(C(=O)NCC2(O)CCCN(c3ncccn3)C2)no1. The van der Waals surface area contributed by atoms with Gasteiger partial charge in [-0.25, -0.2) is 9.97 Å². The molecule has 1 aliphatic heterocycles. The van der Waals surface area contributed by atoms with Crippen molar-refractivity contribution in [1.82, 2.24) is 20.4 Å². The van der Waals surface area contributed by atoms with Gasteiger partial charge < -0.3 is 19.8 Å². The molecule has 0 saturated carbocycles. The predicted molar refractivity (Wildman–Crippen MR) is 86.6 cm³/mol. The minimum atomic E-state index is -1.02. The number of carbonyl (C=O) groups excluding carboxylic acids is 1. The zero-order valence-electron chi connectivity index (χ0n) is 13.6. The van der Waals surface area contributed by atoms with E-state index in [1.807, 2.05) is 11.8 Å². The van der Waals surface area contributed by atoms with Gasteiger partial charge in [-0.2, -0.15) is 0 Å². The second kappa shape index (κ2) is 6.96. The minimum Gasteiger partial charge on any atom is -0.386 e. The molecule has 3 heterocycles. The Balaban J connectivity index is 1.60. The van der Waals surface area contributed by atoms with Crippen molar-refractivity contribution in [3.8, 4) is 0 Å². The number of hydrogen-bond acceptors (Lipinski definition) is 7. The Kier molecular flexibility index (Phi) is 4.75. The Morgan fingerprint density at radius 2 is 2.25 bits per heavy atom. The van der Waals surface area contributed by atoms with Crippen LogP contribution in [0.1, 0.15) is 36.0 Å². The molecule has 1 saturated heterocycles. The van der Waals surface area contributed by atoms with Crippen LogP contribution >= 0.6 is 0 Å². The van der Waals surface area contributed by atoms with Crippen molar-refractivity contribution in [3.63, 3.8) is 0 Å². The van der Waals surface area contributed by atoms with Crippen LogP contribution in [0.2, 0.25) is 0 Å². The van der Waals surface area contributed by atoms with Crippen molar-refractivity contribution in [2.75, 3.05) is 24.5 Å². The van der Waals surface area contributed by atoms with Crippen LogP contribution in [-0.2, 0) is 6.42 Å². The summed E-state index contributed by atoms with van der Waals surface area (Å²) in [4.78, 5) is 22.5. The maximum atomic E-state index is 12.1. The van der Waals surface area contributed by atoms with E-state index in [0.717, 1.165) is 13.0 Å². The highest BCUT2D eigenvalue weighted by atomic mass is 16.5. The number of rotatable bonds is 5. The number of hydrogen-bond donors (Lipinski definition) is 2. The third kappa shape index (κ3) is 3.70. The second-order valence-electron chi connectivity index (χ2n) is 6.01. The molecule has 1 unspecified atom stereocenters. The summed E-state index contributed by atoms with van der Waals surface area (Å²) in [6, 6.07) is 3.37. The monoisotopic (exact) mass is 331 g/mol. The highest BCUT2D eigenvalue weighted by Crippen LogP contribution is 2.23. The van der Waals surface area contributed by atoms with E-state index in [9.17, 15) is 9.90 Å². The normalized spacial score (nSPS) is 20.8. The van der Waals surface area contributed by atoms with Gasteiger partial charge in [0.05, 0.1) is 12.1 Å². The van der Waals surface area contributed by atoms with Crippen LogP contribution in [0.3, 0.4) is 0 Å². The van der Waals surface area contributed by atoms with Crippen molar-refractivity contribution in [3.05, 3.63) is 36.0 Å². The number of nitrogens with zero attached hydrogens (tertiary/aromatic N) is 4. The standard InChI is InChI=1S/C16H21N5O3/c1-2-12-9-13(20-24-12)14(22)19-10-16(23)5-3-8-21(11-16)15-17-6-4-7-18-15/h4,6-7,9,23H,2-3,5,8,10-11H2,1H3,(H,19,22). The Morgan fingerprint density at radius 1 is 1.46 bits per heavy atom. The van der Waals surface area contributed by atoms with Crippen LogP contribution in [0.4, 0.5) is 5.95 Å². The van der Waals surface area contributed by atoms with Crippen LogP contribution < -0.4 is 10.2 Å². The van der Waals surface area contributed by atoms with Crippen molar-refractivity contribution >= 4 is 11.9 Å². The molecule has 0 aliphatic carbocycles. The van der Waals surface area contributed by atoms with Crippen LogP contribution in [0.15, 0.2) is 29.0 Å². The Hall–Kier alpha value is -2.48. The number of piperidine rings is 1. The maximum absolute atomic E-state index is 12.1. The third-order valence-corrected chi connectivity index (χ3v) is 4.11. The summed E-state index contributed by atoms with van der Waals surface area (Å²) in [6.07, 6.45) is 5.43. The van der Waals surface area contributed by atoms with Crippen LogP contribution in [0, 0.1) is 0 Å². The fraction of sp³-hybridized carbons (Fsp3) is 0.500. The zero-order chi connectivity index (χ0) is 17.0. The molecule has 2 aromatic rings. The molecule has 1 amide bonds. The van der Waals surface area contributed by atoms with E-state index in [0.29, 0.717) is 31.1 Å². The van der Waals surface area contributed by atoms with Gasteiger partial charge in [-0.05, 0) is 18.9 Å². The quantitative estimate of drug-likeness (QED) is 0.834. The van der Waals surface area contributed by atoms with Crippen molar-refractivity contribution in [2.24, 2.45) is 0 Å². The number of aromatic nitrogens is 3. The van der Waals surface area contributed by atoms with Gasteiger partial charge in [-0.1, -0.05) is 12.1 Å². The molecule has 8 nitrogen and oxygen atoms in total. The first kappa shape index (κ1) is 16.4. The van der Waals surface area contributed by atoms with Crippen molar-refractivity contribution < 1.29 is 14.4 Å². The van der Waals surface area contributed by atoms with Crippen LogP contribution in [0.5, 0.6) is 0 Å². The summed E-state index contributed by atoms with van der Waals surface area (Å²) in [6.45, 7) is 3.22. The fourth-order valence-corrected chi connectivity index (χ4v) is 2.80. The van der Waals surface area contributed by atoms with Gasteiger partial charge in [-0.15, -0.1) is 0 Å². The predicted octanol–water partition coefficient (Wildman–Crippen LogP) is 0.788. The van der Waals surface area contributed by atoms with Crippen LogP contribution in [-0.4, -0.2) is 51.4 Å². The number of anilines is 1. The molecule has 1 aliphatic rings. The first-order valence-corrected chi connectivity index (χ1v) is 8.08. The highest BCUT2D eigenvalue weighted by Gasteiger charge is 2.34. The number of aliphatic hydroxyl groups is 1. The Morgan fingerprint density at radius 3 is 2.96 bits per heavy atom. The molecule has 8 heteroatoms. The molecule has 1 atom stereocenters. The van der Waals surface area contributed by atoms with Gasteiger partial charge in [0.15, 0.2) is 5.69 Å². The number of amides is 1. The van der Waals surface area contributed by atoms with E-state index in [1.165, 1.54) is 0 Å². The molecular weight excluding hydrogens is 310 g/mol. The van der Waals surface area contributed by atoms with E-state index in [1.54, 1.807) is 24.5 Å². The molecule has 3 rings (SSSR count). The zero-order valence-corrected chi connectivity index (χ0v) is 13.6. The smallest absolute Gasteiger partial charge is 0.273 e. The molecular formula is C16H21N5O3. The molecule has 0 spiro atoms. The highest BCUT2D eigenvalue weighted by molar-refractivity contribution is 5.92. The third-order valence-electron chi connectivity index (χ3n) is 4.11. The van der Waals surface area contributed by atoms with Gasteiger partial charge >= 0.3 is 0 Å². The van der Waals surface area contributed by atoms with Gasteiger partial charge in [0, 0.05) is 38.0 Å². The van der Waals surface area contributed by atoms with E-state index >= 15 is 0 Å². The maximum Gasteiger partial charge on any atom is 0.273 e. The summed E-state index contributed by atoms with van der Waals surface area (Å²) in [5.74, 6) is 0.898. The minimum absolute atomic E-state index is 0.142. The van der Waals surface area contributed by atoms with E-state index < -0.39 is 5.60 Å². The molecule has 0 aromatic carbocycles. The number of aryl methyl sites for hydroxylation is 1. The molecule has 128 valence electrons. The Bertz CT molecular complexity index is 690. The van der Waals surface area contributed by atoms with Crippen LogP contribution in [0.25, 0.3) is 0 Å². The number of nitrogens with one attached hydrogen (secondary N) is 1. The number of carbonyl (C=O) groups is 1. The van der Waals surface area contributed by atoms with E-state index in [-0.39, 0.29) is 18.1 Å². The Labute approximate surface area is 139 Å². The van der Waals surface area contributed by atoms with E-state index in [2.05, 4.69) is 20.4 Å². The lowest BCUT2D eigenvalue weighted by Crippen LogP contribution is -2.54. The van der Waals surface area contributed by atoms with E-state index in [4.69, 9.17) is 4.52 Å². The largest absolute Gasteiger partial charge is 0.386 e. The summed E-state index contributed by atoms with van der Waals surface area (Å²) in [5, 5.41) is 17.3. The molecule has 0 bridgehead atoms. The summed E-state index contributed by atoms with van der Waals surface area (Å²) in [7, 11) is 0. The molecule has 24 heavy (non-hydrogen) atoms. The van der Waals surface area contributed by atoms with Gasteiger partial charge in [-0.3, -0.25) is 4.79 Å². The lowest BCUT2D eigenvalue weighted by atomic mass is 9.93. The van der Waals surface area contributed by atoms with Crippen molar-refractivity contribution in [1.29, 1.82) is 0 Å². The molecule has 2 aromatic heterocycles. The molecule has 1 fully saturated rings. The lowest BCUT2D eigenvalue weighted by molar-refractivity contribution is 0.0251. The first-order chi connectivity index (χ1) is 11.6.